The molecule has 168 valence electrons. The van der Waals surface area contributed by atoms with E-state index < -0.39 is 39.3 Å². The largest absolute Gasteiger partial charge is 0.480 e. The number of ketones is 1. The molecule has 0 fully saturated rings. The predicted octanol–water partition coefficient (Wildman–Crippen LogP) is 3.71. The molecule has 1 aromatic heterocycles. The highest BCUT2D eigenvalue weighted by atomic mass is 79.9. The first-order valence-corrected chi connectivity index (χ1v) is 11.7. The number of benzene rings is 1. The second kappa shape index (κ2) is 9.23. The Hall–Kier alpha value is -2.02. The van der Waals surface area contributed by atoms with Crippen molar-refractivity contribution in [3.05, 3.63) is 50.7 Å². The quantitative estimate of drug-likeness (QED) is 0.260. The number of carboxylic acid groups (broad SMARTS) is 2. The zero-order valence-corrected chi connectivity index (χ0v) is 20.6. The fraction of sp³-hybridized carbons (Fsp3) is 0.316. The molecule has 0 aliphatic carbocycles. The van der Waals surface area contributed by atoms with Gasteiger partial charge < -0.3 is 14.8 Å². The summed E-state index contributed by atoms with van der Waals surface area (Å²) in [5, 5.41) is 18.8. The molecule has 9 nitrogen and oxygen atoms in total. The second-order valence-electron chi connectivity index (χ2n) is 6.98. The summed E-state index contributed by atoms with van der Waals surface area (Å²) in [6, 6.07) is 6.19. The van der Waals surface area contributed by atoms with Gasteiger partial charge in [0.05, 0.1) is 21.9 Å². The van der Waals surface area contributed by atoms with Gasteiger partial charge in [-0.1, -0.05) is 12.1 Å². The zero-order valence-electron chi connectivity index (χ0n) is 16.6. The number of nitrogens with zero attached hydrogens (tertiary/aromatic N) is 1. The van der Waals surface area contributed by atoms with Crippen LogP contribution in [0.1, 0.15) is 42.4 Å². The fourth-order valence-corrected chi connectivity index (χ4v) is 5.04. The topological polar surface area (TPSA) is 140 Å². The van der Waals surface area contributed by atoms with Gasteiger partial charge in [-0.3, -0.25) is 18.6 Å². The van der Waals surface area contributed by atoms with Gasteiger partial charge in [0.2, 0.25) is 5.78 Å². The lowest BCUT2D eigenvalue weighted by Crippen LogP contribution is -2.38. The van der Waals surface area contributed by atoms with Crippen LogP contribution in [-0.2, 0) is 23.9 Å². The van der Waals surface area contributed by atoms with Crippen LogP contribution in [0.2, 0.25) is 0 Å². The molecule has 2 aromatic rings. The summed E-state index contributed by atoms with van der Waals surface area (Å²) in [7, 11) is -3.20. The van der Waals surface area contributed by atoms with Gasteiger partial charge in [0.1, 0.15) is 4.90 Å². The minimum atomic E-state index is -4.18. The fourth-order valence-electron chi connectivity index (χ4n) is 3.12. The third-order valence-corrected chi connectivity index (χ3v) is 8.15. The van der Waals surface area contributed by atoms with Crippen molar-refractivity contribution < 1.29 is 37.2 Å². The molecule has 1 unspecified atom stereocenters. The Morgan fingerprint density at radius 2 is 1.71 bits per heavy atom. The maximum Gasteiger partial charge on any atom is 0.320 e. The van der Waals surface area contributed by atoms with E-state index >= 15 is 0 Å². The normalized spacial score (nSPS) is 13.1. The highest BCUT2D eigenvalue weighted by Crippen LogP contribution is 2.37. The molecule has 0 spiro atoms. The van der Waals surface area contributed by atoms with Crippen LogP contribution in [0.4, 0.5) is 0 Å². The minimum absolute atomic E-state index is 0.0307. The Morgan fingerprint density at radius 1 is 1.16 bits per heavy atom. The van der Waals surface area contributed by atoms with Crippen molar-refractivity contribution in [1.82, 2.24) is 4.57 Å². The van der Waals surface area contributed by atoms with Crippen LogP contribution in [0.15, 0.2) is 44.3 Å². The molecule has 0 aliphatic heterocycles. The standard InChI is InChI=1S/C19H19Br2NO8S/c1-10(9-19(2,17(24)25)18(26)27)22-13(8-12(20)16(22)21)15(23)11-6-4-5-7-14(11)31(28,29)30-3/h4-8,10H,9H2,1-3H3,(H,24,25)(H,26,27). The van der Waals surface area contributed by atoms with Gasteiger partial charge in [0, 0.05) is 11.6 Å². The lowest BCUT2D eigenvalue weighted by molar-refractivity contribution is -0.164. The molecule has 2 rings (SSSR count). The first-order valence-electron chi connectivity index (χ1n) is 8.75. The van der Waals surface area contributed by atoms with Crippen molar-refractivity contribution in [2.45, 2.75) is 31.2 Å². The number of halogens is 2. The van der Waals surface area contributed by atoms with E-state index in [0.717, 1.165) is 14.0 Å². The smallest absolute Gasteiger partial charge is 0.320 e. The van der Waals surface area contributed by atoms with Crippen LogP contribution in [-0.4, -0.2) is 48.0 Å². The van der Waals surface area contributed by atoms with E-state index in [1.54, 1.807) is 6.92 Å². The zero-order chi connectivity index (χ0) is 23.7. The van der Waals surface area contributed by atoms with Gasteiger partial charge in [-0.15, -0.1) is 0 Å². The van der Waals surface area contributed by atoms with Crippen molar-refractivity contribution in [2.75, 3.05) is 7.11 Å². The molecular formula is C19H19Br2NO8S. The Kier molecular flexibility index (Phi) is 7.51. The summed E-state index contributed by atoms with van der Waals surface area (Å²) in [5.74, 6) is -3.70. The van der Waals surface area contributed by atoms with Gasteiger partial charge >= 0.3 is 11.9 Å². The second-order valence-corrected chi connectivity index (χ2v) is 10.3. The van der Waals surface area contributed by atoms with Gasteiger partial charge in [-0.05, 0) is 70.3 Å². The first-order chi connectivity index (χ1) is 14.3. The molecule has 1 heterocycles. The van der Waals surface area contributed by atoms with Crippen molar-refractivity contribution in [2.24, 2.45) is 5.41 Å². The highest BCUT2D eigenvalue weighted by Gasteiger charge is 2.43. The first kappa shape index (κ1) is 25.2. The number of hydrogen-bond donors (Lipinski definition) is 2. The van der Waals surface area contributed by atoms with E-state index in [1.165, 1.54) is 34.9 Å². The number of carboxylic acids is 2. The molecule has 2 N–H and O–H groups in total. The monoisotopic (exact) mass is 579 g/mol. The number of aromatic nitrogens is 1. The molecular weight excluding hydrogens is 562 g/mol. The Balaban J connectivity index is 2.63. The molecule has 1 atom stereocenters. The van der Waals surface area contributed by atoms with Crippen LogP contribution in [0.3, 0.4) is 0 Å². The summed E-state index contributed by atoms with van der Waals surface area (Å²) in [4.78, 5) is 36.2. The molecule has 0 radical (unpaired) electrons. The van der Waals surface area contributed by atoms with E-state index in [0.29, 0.717) is 9.08 Å². The van der Waals surface area contributed by atoms with Crippen LogP contribution < -0.4 is 0 Å². The summed E-state index contributed by atoms with van der Waals surface area (Å²) in [6.07, 6.45) is -0.338. The molecule has 0 amide bonds. The third-order valence-electron chi connectivity index (χ3n) is 4.87. The molecule has 0 aliphatic rings. The Bertz CT molecular complexity index is 1140. The van der Waals surface area contributed by atoms with Crippen LogP contribution >= 0.6 is 31.9 Å². The van der Waals surface area contributed by atoms with Crippen molar-refractivity contribution >= 4 is 59.7 Å². The minimum Gasteiger partial charge on any atom is -0.480 e. The van der Waals surface area contributed by atoms with E-state index in [4.69, 9.17) is 0 Å². The van der Waals surface area contributed by atoms with Crippen molar-refractivity contribution in [3.8, 4) is 0 Å². The maximum absolute atomic E-state index is 13.3. The van der Waals surface area contributed by atoms with E-state index in [2.05, 4.69) is 36.0 Å². The average molecular weight is 581 g/mol. The maximum atomic E-state index is 13.3. The molecule has 1 aromatic carbocycles. The Morgan fingerprint density at radius 3 is 2.23 bits per heavy atom. The van der Waals surface area contributed by atoms with Gasteiger partial charge in [-0.25, -0.2) is 0 Å². The third kappa shape index (κ3) is 4.76. The molecule has 31 heavy (non-hydrogen) atoms. The summed E-state index contributed by atoms with van der Waals surface area (Å²) in [6.45, 7) is 2.65. The number of carbonyl (C=O) groups is 3. The number of carbonyl (C=O) groups excluding carboxylic acids is 1. The predicted molar refractivity (Wildman–Crippen MR) is 117 cm³/mol. The molecule has 0 bridgehead atoms. The van der Waals surface area contributed by atoms with Gasteiger partial charge in [0.25, 0.3) is 10.1 Å². The number of aliphatic carboxylic acids is 2. The Labute approximate surface area is 195 Å². The van der Waals surface area contributed by atoms with Crippen molar-refractivity contribution in [1.29, 1.82) is 0 Å². The molecule has 12 heteroatoms. The summed E-state index contributed by atoms with van der Waals surface area (Å²) >= 11 is 6.61. The number of hydrogen-bond acceptors (Lipinski definition) is 6. The SMILES string of the molecule is COS(=O)(=O)c1ccccc1C(=O)c1cc(Br)c(Br)n1C(C)CC(C)(C(=O)O)C(=O)O. The van der Waals surface area contributed by atoms with Gasteiger partial charge in [-0.2, -0.15) is 8.42 Å². The molecule has 0 saturated carbocycles. The summed E-state index contributed by atoms with van der Waals surface area (Å²) in [5.41, 5.74) is -2.22. The van der Waals surface area contributed by atoms with Crippen LogP contribution in [0.25, 0.3) is 0 Å². The van der Waals surface area contributed by atoms with Gasteiger partial charge in [0.15, 0.2) is 5.41 Å². The lowest BCUT2D eigenvalue weighted by atomic mass is 9.84. The van der Waals surface area contributed by atoms with Crippen molar-refractivity contribution in [3.63, 3.8) is 0 Å². The number of rotatable bonds is 9. The van der Waals surface area contributed by atoms with E-state index in [9.17, 15) is 33.0 Å². The molecule has 0 saturated heterocycles. The van der Waals surface area contributed by atoms with E-state index in [1.807, 2.05) is 0 Å². The van der Waals surface area contributed by atoms with E-state index in [-0.39, 0.29) is 22.6 Å². The summed E-state index contributed by atoms with van der Waals surface area (Å²) < 4.78 is 31.3. The average Bonchev–Trinajstić information content (AvgIpc) is 3.01. The highest BCUT2D eigenvalue weighted by molar-refractivity contribution is 9.13. The lowest BCUT2D eigenvalue weighted by Gasteiger charge is -2.26. The van der Waals surface area contributed by atoms with Crippen LogP contribution in [0, 0.1) is 5.41 Å². The van der Waals surface area contributed by atoms with Crippen LogP contribution in [0.5, 0.6) is 0 Å².